The van der Waals surface area contributed by atoms with E-state index in [4.69, 9.17) is 5.73 Å². The Balaban J connectivity index is 2.40. The minimum absolute atomic E-state index is 0.337. The van der Waals surface area contributed by atoms with Gasteiger partial charge in [0, 0.05) is 19.6 Å². The minimum Gasteiger partial charge on any atom is -0.388 e. The standard InChI is InChI=1S/C10H22N2O/c1-9(2)4-5-12(7-9)8-10(3,13)6-11/h13H,4-8,11H2,1-3H3. The van der Waals surface area contributed by atoms with Gasteiger partial charge in [0.25, 0.3) is 0 Å². The third-order valence-corrected chi connectivity index (χ3v) is 2.76. The molecule has 0 aliphatic carbocycles. The van der Waals surface area contributed by atoms with Gasteiger partial charge in [0.15, 0.2) is 0 Å². The van der Waals surface area contributed by atoms with Gasteiger partial charge in [0.1, 0.15) is 0 Å². The Morgan fingerprint density at radius 2 is 2.15 bits per heavy atom. The van der Waals surface area contributed by atoms with E-state index in [1.807, 2.05) is 0 Å². The molecule has 1 rings (SSSR count). The smallest absolute Gasteiger partial charge is 0.0867 e. The number of nitrogens with two attached hydrogens (primary N) is 1. The molecule has 1 aliphatic heterocycles. The molecule has 0 aromatic carbocycles. The first-order valence-electron chi connectivity index (χ1n) is 4.99. The predicted molar refractivity (Wildman–Crippen MR) is 54.5 cm³/mol. The van der Waals surface area contributed by atoms with Crippen LogP contribution in [0.2, 0.25) is 0 Å². The quantitative estimate of drug-likeness (QED) is 0.672. The second-order valence-electron chi connectivity index (χ2n) is 5.33. The summed E-state index contributed by atoms with van der Waals surface area (Å²) in [5.41, 5.74) is 5.16. The molecule has 3 heteroatoms. The van der Waals surface area contributed by atoms with Gasteiger partial charge in [-0.2, -0.15) is 0 Å². The lowest BCUT2D eigenvalue weighted by Crippen LogP contribution is -2.45. The highest BCUT2D eigenvalue weighted by Crippen LogP contribution is 2.29. The van der Waals surface area contributed by atoms with Gasteiger partial charge in [-0.05, 0) is 25.3 Å². The Kier molecular flexibility index (Phi) is 3.00. The monoisotopic (exact) mass is 186 g/mol. The van der Waals surface area contributed by atoms with Crippen molar-refractivity contribution in [2.45, 2.75) is 32.8 Å². The van der Waals surface area contributed by atoms with Crippen LogP contribution in [0.15, 0.2) is 0 Å². The number of aliphatic hydroxyl groups is 1. The van der Waals surface area contributed by atoms with Crippen LogP contribution < -0.4 is 5.73 Å². The summed E-state index contributed by atoms with van der Waals surface area (Å²) in [6.07, 6.45) is 1.22. The van der Waals surface area contributed by atoms with Crippen molar-refractivity contribution in [3.63, 3.8) is 0 Å². The average Bonchev–Trinajstić information content (AvgIpc) is 2.29. The third-order valence-electron chi connectivity index (χ3n) is 2.76. The summed E-state index contributed by atoms with van der Waals surface area (Å²) < 4.78 is 0. The molecule has 0 aromatic rings. The van der Waals surface area contributed by atoms with E-state index in [-0.39, 0.29) is 0 Å². The first kappa shape index (κ1) is 11.0. The van der Waals surface area contributed by atoms with Crippen LogP contribution >= 0.6 is 0 Å². The van der Waals surface area contributed by atoms with Gasteiger partial charge < -0.3 is 10.8 Å². The largest absolute Gasteiger partial charge is 0.388 e. The van der Waals surface area contributed by atoms with Crippen molar-refractivity contribution in [3.8, 4) is 0 Å². The van der Waals surface area contributed by atoms with E-state index >= 15 is 0 Å². The molecule has 3 N–H and O–H groups in total. The van der Waals surface area contributed by atoms with Crippen LogP contribution in [0, 0.1) is 5.41 Å². The Morgan fingerprint density at radius 1 is 1.54 bits per heavy atom. The normalized spacial score (nSPS) is 27.5. The van der Waals surface area contributed by atoms with Gasteiger partial charge in [-0.3, -0.25) is 4.90 Å². The van der Waals surface area contributed by atoms with Crippen LogP contribution in [0.5, 0.6) is 0 Å². The van der Waals surface area contributed by atoms with Gasteiger partial charge in [0.2, 0.25) is 0 Å². The Morgan fingerprint density at radius 3 is 2.54 bits per heavy atom. The fourth-order valence-electron chi connectivity index (χ4n) is 1.91. The minimum atomic E-state index is -0.722. The zero-order valence-electron chi connectivity index (χ0n) is 9.01. The Bertz CT molecular complexity index is 178. The van der Waals surface area contributed by atoms with Crippen LogP contribution in [-0.2, 0) is 0 Å². The van der Waals surface area contributed by atoms with Crippen molar-refractivity contribution < 1.29 is 5.11 Å². The van der Waals surface area contributed by atoms with Crippen LogP contribution in [0.3, 0.4) is 0 Å². The molecule has 1 saturated heterocycles. The van der Waals surface area contributed by atoms with E-state index in [1.165, 1.54) is 6.42 Å². The van der Waals surface area contributed by atoms with Crippen LogP contribution in [0.1, 0.15) is 27.2 Å². The van der Waals surface area contributed by atoms with E-state index in [0.29, 0.717) is 18.5 Å². The van der Waals surface area contributed by atoms with Gasteiger partial charge in [-0.1, -0.05) is 13.8 Å². The van der Waals surface area contributed by atoms with Gasteiger partial charge in [0.05, 0.1) is 5.60 Å². The van der Waals surface area contributed by atoms with Crippen molar-refractivity contribution >= 4 is 0 Å². The second kappa shape index (κ2) is 3.56. The average molecular weight is 186 g/mol. The van der Waals surface area contributed by atoms with Crippen LogP contribution in [0.4, 0.5) is 0 Å². The highest BCUT2D eigenvalue weighted by Gasteiger charge is 2.32. The third kappa shape index (κ3) is 3.25. The maximum atomic E-state index is 9.79. The first-order valence-corrected chi connectivity index (χ1v) is 4.99. The molecule has 1 aliphatic rings. The topological polar surface area (TPSA) is 49.5 Å². The Labute approximate surface area is 80.9 Å². The number of nitrogens with zero attached hydrogens (tertiary/aromatic N) is 1. The molecule has 0 radical (unpaired) electrons. The van der Waals surface area contributed by atoms with E-state index in [2.05, 4.69) is 18.7 Å². The lowest BCUT2D eigenvalue weighted by atomic mass is 9.93. The summed E-state index contributed by atoms with van der Waals surface area (Å²) >= 11 is 0. The highest BCUT2D eigenvalue weighted by atomic mass is 16.3. The van der Waals surface area contributed by atoms with Crippen molar-refractivity contribution in [2.75, 3.05) is 26.2 Å². The highest BCUT2D eigenvalue weighted by molar-refractivity contribution is 4.87. The SMILES string of the molecule is CC1(C)CCN(CC(C)(O)CN)C1. The van der Waals surface area contributed by atoms with E-state index in [0.717, 1.165) is 13.1 Å². The fraction of sp³-hybridized carbons (Fsp3) is 1.00. The van der Waals surface area contributed by atoms with Gasteiger partial charge in [-0.25, -0.2) is 0 Å². The molecular formula is C10H22N2O. The molecule has 0 saturated carbocycles. The molecular weight excluding hydrogens is 164 g/mol. The first-order chi connectivity index (χ1) is 5.85. The molecule has 0 amide bonds. The van der Waals surface area contributed by atoms with Crippen molar-refractivity contribution in [1.29, 1.82) is 0 Å². The number of β-amino-alcohol motifs (C(OH)–C–C–N with tert-alkyl or cyclic N) is 1. The van der Waals surface area contributed by atoms with Gasteiger partial charge in [-0.15, -0.1) is 0 Å². The van der Waals surface area contributed by atoms with Crippen LogP contribution in [0.25, 0.3) is 0 Å². The summed E-state index contributed by atoms with van der Waals surface area (Å²) in [4.78, 5) is 2.30. The maximum absolute atomic E-state index is 9.79. The summed E-state index contributed by atoms with van der Waals surface area (Å²) in [6, 6.07) is 0. The molecule has 1 fully saturated rings. The van der Waals surface area contributed by atoms with E-state index in [1.54, 1.807) is 6.92 Å². The summed E-state index contributed by atoms with van der Waals surface area (Å²) in [7, 11) is 0. The van der Waals surface area contributed by atoms with Crippen molar-refractivity contribution in [1.82, 2.24) is 4.90 Å². The summed E-state index contributed by atoms with van der Waals surface area (Å²) in [5.74, 6) is 0. The Hall–Kier alpha value is -0.120. The molecule has 0 aromatic heterocycles. The fourth-order valence-corrected chi connectivity index (χ4v) is 1.91. The molecule has 13 heavy (non-hydrogen) atoms. The molecule has 1 atom stereocenters. The number of rotatable bonds is 3. The van der Waals surface area contributed by atoms with Crippen molar-refractivity contribution in [2.24, 2.45) is 11.1 Å². The maximum Gasteiger partial charge on any atom is 0.0867 e. The predicted octanol–water partition coefficient (Wildman–Crippen LogP) is 0.428. The molecule has 0 spiro atoms. The molecule has 1 unspecified atom stereocenters. The molecule has 3 nitrogen and oxygen atoms in total. The second-order valence-corrected chi connectivity index (χ2v) is 5.33. The zero-order chi connectivity index (χ0) is 10.1. The van der Waals surface area contributed by atoms with E-state index in [9.17, 15) is 5.11 Å². The van der Waals surface area contributed by atoms with Crippen LogP contribution in [-0.4, -0.2) is 41.8 Å². The summed E-state index contributed by atoms with van der Waals surface area (Å²) in [5, 5.41) is 9.79. The number of likely N-dealkylation sites (tertiary alicyclic amines) is 1. The van der Waals surface area contributed by atoms with Gasteiger partial charge >= 0.3 is 0 Å². The van der Waals surface area contributed by atoms with E-state index < -0.39 is 5.60 Å². The zero-order valence-corrected chi connectivity index (χ0v) is 9.01. The lowest BCUT2D eigenvalue weighted by molar-refractivity contribution is 0.0320. The molecule has 0 bridgehead atoms. The lowest BCUT2D eigenvalue weighted by Gasteiger charge is -2.28. The molecule has 1 heterocycles. The molecule has 78 valence electrons. The number of hydrogen-bond donors (Lipinski definition) is 2. The number of hydrogen-bond acceptors (Lipinski definition) is 3. The van der Waals surface area contributed by atoms with Crippen molar-refractivity contribution in [3.05, 3.63) is 0 Å². The summed E-state index contributed by atoms with van der Waals surface area (Å²) in [6.45, 7) is 9.54.